The van der Waals surface area contributed by atoms with Crippen LogP contribution in [0.5, 0.6) is 0 Å². The minimum Gasteiger partial charge on any atom is -0.336 e. The summed E-state index contributed by atoms with van der Waals surface area (Å²) in [4.78, 5) is 17.2. The average Bonchev–Trinajstić information content (AvgIpc) is 3.24. The Labute approximate surface area is 175 Å². The van der Waals surface area contributed by atoms with Crippen LogP contribution in [0.2, 0.25) is 0 Å². The third kappa shape index (κ3) is 4.38. The first-order valence-electron chi connectivity index (χ1n) is 10.2. The zero-order chi connectivity index (χ0) is 21.1. The zero-order valence-electron chi connectivity index (χ0n) is 17.2. The van der Waals surface area contributed by atoms with E-state index in [4.69, 9.17) is 0 Å². The highest BCUT2D eigenvalue weighted by Gasteiger charge is 2.23. The van der Waals surface area contributed by atoms with Crippen LogP contribution in [0.3, 0.4) is 0 Å². The Balaban J connectivity index is 1.41. The smallest absolute Gasteiger partial charge is 0.253 e. The molecule has 0 aliphatic carbocycles. The van der Waals surface area contributed by atoms with Crippen LogP contribution >= 0.6 is 0 Å². The first kappa shape index (κ1) is 20.2. The van der Waals surface area contributed by atoms with Crippen molar-refractivity contribution in [2.24, 2.45) is 0 Å². The Morgan fingerprint density at radius 3 is 2.57 bits per heavy atom. The van der Waals surface area contributed by atoms with Gasteiger partial charge in [0.1, 0.15) is 5.82 Å². The van der Waals surface area contributed by atoms with Gasteiger partial charge in [0.25, 0.3) is 5.91 Å². The molecule has 7 nitrogen and oxygen atoms in total. The molecular weight excluding hydrogens is 383 g/mol. The minimum absolute atomic E-state index is 0.00540. The lowest BCUT2D eigenvalue weighted by Crippen LogP contribution is -2.48. The number of amides is 1. The summed E-state index contributed by atoms with van der Waals surface area (Å²) in [5.41, 5.74) is 2.40. The Morgan fingerprint density at radius 2 is 1.83 bits per heavy atom. The quantitative estimate of drug-likeness (QED) is 0.649. The highest BCUT2D eigenvalue weighted by Crippen LogP contribution is 2.21. The topological polar surface area (TPSA) is 67.2 Å². The van der Waals surface area contributed by atoms with Crippen molar-refractivity contribution in [1.29, 1.82) is 0 Å². The van der Waals surface area contributed by atoms with Gasteiger partial charge >= 0.3 is 0 Å². The van der Waals surface area contributed by atoms with Crippen molar-refractivity contribution in [2.75, 3.05) is 26.2 Å². The molecule has 1 fully saturated rings. The maximum atomic E-state index is 13.4. The molecule has 2 heterocycles. The van der Waals surface area contributed by atoms with Crippen LogP contribution in [0, 0.1) is 5.82 Å². The van der Waals surface area contributed by atoms with Gasteiger partial charge in [-0.15, -0.1) is 5.10 Å². The second-order valence-corrected chi connectivity index (χ2v) is 7.82. The lowest BCUT2D eigenvalue weighted by molar-refractivity contribution is 0.0628. The summed E-state index contributed by atoms with van der Waals surface area (Å²) in [5.74, 6) is 0.440. The molecule has 0 N–H and O–H groups in total. The van der Waals surface area contributed by atoms with E-state index < -0.39 is 0 Å². The standard InChI is InChI=1S/C22H25FN6O/c1-16(2)29-21(24-25-26-29)18-6-4-7-19(14-18)22(30)28-11-9-27(10-12-28)15-17-5-3-8-20(23)13-17/h3-8,13-14,16H,9-12,15H2,1-2H3. The Morgan fingerprint density at radius 1 is 1.07 bits per heavy atom. The van der Waals surface area contributed by atoms with Crippen LogP contribution in [-0.4, -0.2) is 62.1 Å². The summed E-state index contributed by atoms with van der Waals surface area (Å²) in [7, 11) is 0. The number of rotatable bonds is 5. The minimum atomic E-state index is -0.218. The molecule has 8 heteroatoms. The van der Waals surface area contributed by atoms with Crippen LogP contribution in [-0.2, 0) is 6.54 Å². The van der Waals surface area contributed by atoms with Crippen molar-refractivity contribution in [2.45, 2.75) is 26.4 Å². The number of carbonyl (C=O) groups excluding carboxylic acids is 1. The fraction of sp³-hybridized carbons (Fsp3) is 0.364. The van der Waals surface area contributed by atoms with Gasteiger partial charge in [0.15, 0.2) is 5.82 Å². The number of nitrogens with zero attached hydrogens (tertiary/aromatic N) is 6. The number of piperazine rings is 1. The van der Waals surface area contributed by atoms with E-state index in [1.54, 1.807) is 16.8 Å². The summed E-state index contributed by atoms with van der Waals surface area (Å²) in [6.45, 7) is 7.51. The molecule has 2 aromatic carbocycles. The molecule has 0 atom stereocenters. The maximum absolute atomic E-state index is 13.4. The van der Waals surface area contributed by atoms with E-state index in [9.17, 15) is 9.18 Å². The summed E-state index contributed by atoms with van der Waals surface area (Å²) in [5, 5.41) is 11.9. The molecule has 0 radical (unpaired) electrons. The molecule has 0 unspecified atom stereocenters. The van der Waals surface area contributed by atoms with Crippen molar-refractivity contribution in [3.05, 3.63) is 65.5 Å². The summed E-state index contributed by atoms with van der Waals surface area (Å²) in [6.07, 6.45) is 0. The molecule has 4 rings (SSSR count). The second kappa shape index (κ2) is 8.71. The second-order valence-electron chi connectivity index (χ2n) is 7.82. The third-order valence-electron chi connectivity index (χ3n) is 5.30. The SMILES string of the molecule is CC(C)n1nnnc1-c1cccc(C(=O)N2CCN(Cc3cccc(F)c3)CC2)c1. The maximum Gasteiger partial charge on any atom is 0.253 e. The first-order valence-corrected chi connectivity index (χ1v) is 10.2. The van der Waals surface area contributed by atoms with Gasteiger partial charge in [-0.2, -0.15) is 0 Å². The zero-order valence-corrected chi connectivity index (χ0v) is 17.2. The normalized spacial score (nSPS) is 15.0. The monoisotopic (exact) mass is 408 g/mol. The van der Waals surface area contributed by atoms with Crippen LogP contribution < -0.4 is 0 Å². The van der Waals surface area contributed by atoms with E-state index in [2.05, 4.69) is 20.4 Å². The Kier molecular flexibility index (Phi) is 5.85. The van der Waals surface area contributed by atoms with Gasteiger partial charge in [0, 0.05) is 43.9 Å². The number of halogens is 1. The van der Waals surface area contributed by atoms with Crippen LogP contribution in [0.25, 0.3) is 11.4 Å². The Bertz CT molecular complexity index is 1030. The van der Waals surface area contributed by atoms with Crippen LogP contribution in [0.4, 0.5) is 4.39 Å². The molecule has 3 aromatic rings. The molecule has 156 valence electrons. The number of aromatic nitrogens is 4. The van der Waals surface area contributed by atoms with E-state index >= 15 is 0 Å². The van der Waals surface area contributed by atoms with Crippen molar-refractivity contribution in [1.82, 2.24) is 30.0 Å². The fourth-order valence-electron chi connectivity index (χ4n) is 3.71. The highest BCUT2D eigenvalue weighted by atomic mass is 19.1. The first-order chi connectivity index (χ1) is 14.5. The van der Waals surface area contributed by atoms with Crippen molar-refractivity contribution >= 4 is 5.91 Å². The highest BCUT2D eigenvalue weighted by molar-refractivity contribution is 5.95. The Hall–Kier alpha value is -3.13. The van der Waals surface area contributed by atoms with E-state index in [0.29, 0.717) is 31.0 Å². The average molecular weight is 408 g/mol. The molecule has 0 saturated carbocycles. The molecular formula is C22H25FN6O. The number of hydrogen-bond acceptors (Lipinski definition) is 5. The number of hydrogen-bond donors (Lipinski definition) is 0. The third-order valence-corrected chi connectivity index (χ3v) is 5.30. The molecule has 1 amide bonds. The van der Waals surface area contributed by atoms with Gasteiger partial charge in [-0.25, -0.2) is 9.07 Å². The van der Waals surface area contributed by atoms with Crippen molar-refractivity contribution in [3.63, 3.8) is 0 Å². The van der Waals surface area contributed by atoms with Gasteiger partial charge in [-0.3, -0.25) is 9.69 Å². The van der Waals surface area contributed by atoms with Gasteiger partial charge in [-0.05, 0) is 54.1 Å². The van der Waals surface area contributed by atoms with Gasteiger partial charge in [0.2, 0.25) is 0 Å². The lowest BCUT2D eigenvalue weighted by atomic mass is 10.1. The van der Waals surface area contributed by atoms with Gasteiger partial charge in [0.05, 0.1) is 6.04 Å². The summed E-state index contributed by atoms with van der Waals surface area (Å²) >= 11 is 0. The largest absolute Gasteiger partial charge is 0.336 e. The molecule has 0 spiro atoms. The molecule has 1 aromatic heterocycles. The van der Waals surface area contributed by atoms with E-state index in [0.717, 1.165) is 24.2 Å². The van der Waals surface area contributed by atoms with Crippen molar-refractivity contribution < 1.29 is 9.18 Å². The molecule has 1 saturated heterocycles. The molecule has 1 aliphatic heterocycles. The summed E-state index contributed by atoms with van der Waals surface area (Å²) < 4.78 is 15.1. The number of carbonyl (C=O) groups is 1. The van der Waals surface area contributed by atoms with E-state index in [-0.39, 0.29) is 17.8 Å². The van der Waals surface area contributed by atoms with Crippen LogP contribution in [0.15, 0.2) is 48.5 Å². The number of benzene rings is 2. The van der Waals surface area contributed by atoms with E-state index in [1.165, 1.54) is 6.07 Å². The van der Waals surface area contributed by atoms with Gasteiger partial charge < -0.3 is 4.90 Å². The van der Waals surface area contributed by atoms with Crippen molar-refractivity contribution in [3.8, 4) is 11.4 Å². The fourth-order valence-corrected chi connectivity index (χ4v) is 3.71. The lowest BCUT2D eigenvalue weighted by Gasteiger charge is -2.34. The van der Waals surface area contributed by atoms with Crippen LogP contribution in [0.1, 0.15) is 35.8 Å². The molecule has 0 bridgehead atoms. The summed E-state index contributed by atoms with van der Waals surface area (Å²) in [6, 6.07) is 14.3. The number of tetrazole rings is 1. The predicted octanol–water partition coefficient (Wildman–Crippen LogP) is 3.02. The predicted molar refractivity (Wildman–Crippen MR) is 111 cm³/mol. The molecule has 30 heavy (non-hydrogen) atoms. The van der Waals surface area contributed by atoms with E-state index in [1.807, 2.05) is 49.1 Å². The molecule has 1 aliphatic rings. The van der Waals surface area contributed by atoms with Gasteiger partial charge in [-0.1, -0.05) is 24.3 Å².